The van der Waals surface area contributed by atoms with E-state index in [1.54, 1.807) is 0 Å². The van der Waals surface area contributed by atoms with Gasteiger partial charge >= 0.3 is 6.55 Å². The second-order valence-corrected chi connectivity index (χ2v) is 5.61. The predicted octanol–water partition coefficient (Wildman–Crippen LogP) is 1.48. The molecule has 3 N–H and O–H groups in total. The van der Waals surface area contributed by atoms with Crippen molar-refractivity contribution >= 4 is 35.8 Å². The van der Waals surface area contributed by atoms with Crippen molar-refractivity contribution < 1.29 is 13.6 Å². The molecule has 23 heavy (non-hydrogen) atoms. The quantitative estimate of drug-likeness (QED) is 0.365. The first-order valence-electron chi connectivity index (χ1n) is 6.78. The van der Waals surface area contributed by atoms with E-state index in [1.807, 2.05) is 20.8 Å². The minimum atomic E-state index is -2.65. The lowest BCUT2D eigenvalue weighted by atomic mass is 10.1. The molecule has 0 fully saturated rings. The standard InChI is InChI=1S/C13H22F2N6O.HI/c1-13(2,3)20-10(22)8-19-12(16-4)18-7-9-17-5-6-21(9)11(14)15;/h5-6,11H,7-8H2,1-4H3,(H,20,22)(H2,16,18,19);1H. The number of guanidine groups is 1. The van der Waals surface area contributed by atoms with Crippen molar-refractivity contribution in [2.45, 2.75) is 39.4 Å². The van der Waals surface area contributed by atoms with Gasteiger partial charge in [-0.25, -0.2) is 4.98 Å². The fraction of sp³-hybridized carbons (Fsp3) is 0.615. The van der Waals surface area contributed by atoms with Crippen LogP contribution in [0.2, 0.25) is 0 Å². The molecule has 7 nitrogen and oxygen atoms in total. The molecule has 1 aromatic heterocycles. The van der Waals surface area contributed by atoms with Crippen LogP contribution in [0.4, 0.5) is 8.78 Å². The van der Waals surface area contributed by atoms with E-state index in [0.717, 1.165) is 4.57 Å². The monoisotopic (exact) mass is 444 g/mol. The topological polar surface area (TPSA) is 83.3 Å². The van der Waals surface area contributed by atoms with Crippen molar-refractivity contribution in [2.24, 2.45) is 4.99 Å². The first-order valence-corrected chi connectivity index (χ1v) is 6.78. The number of aromatic nitrogens is 2. The van der Waals surface area contributed by atoms with Gasteiger partial charge in [0.2, 0.25) is 5.91 Å². The molecule has 0 aliphatic heterocycles. The fourth-order valence-electron chi connectivity index (χ4n) is 1.67. The van der Waals surface area contributed by atoms with Crippen molar-refractivity contribution in [1.29, 1.82) is 0 Å². The number of carbonyl (C=O) groups is 1. The molecule has 0 radical (unpaired) electrons. The molecule has 0 bridgehead atoms. The normalized spacial score (nSPS) is 11.9. The summed E-state index contributed by atoms with van der Waals surface area (Å²) in [6.07, 6.45) is 2.50. The lowest BCUT2D eigenvalue weighted by molar-refractivity contribution is -0.121. The van der Waals surface area contributed by atoms with Crippen molar-refractivity contribution in [1.82, 2.24) is 25.5 Å². The second-order valence-electron chi connectivity index (χ2n) is 5.61. The van der Waals surface area contributed by atoms with E-state index in [2.05, 4.69) is 25.9 Å². The van der Waals surface area contributed by atoms with Crippen molar-refractivity contribution in [2.75, 3.05) is 13.6 Å². The number of aliphatic imine (C=N–C) groups is 1. The molecule has 132 valence electrons. The zero-order valence-corrected chi connectivity index (χ0v) is 15.9. The van der Waals surface area contributed by atoms with Gasteiger partial charge in [-0.15, -0.1) is 24.0 Å². The molecule has 1 heterocycles. The fourth-order valence-corrected chi connectivity index (χ4v) is 1.67. The third kappa shape index (κ3) is 8.09. The number of hydrogen-bond donors (Lipinski definition) is 3. The Hall–Kier alpha value is -1.46. The number of amides is 1. The maximum Gasteiger partial charge on any atom is 0.319 e. The molecule has 1 aromatic rings. The van der Waals surface area contributed by atoms with Crippen LogP contribution in [0.3, 0.4) is 0 Å². The Morgan fingerprint density at radius 2 is 2.04 bits per heavy atom. The highest BCUT2D eigenvalue weighted by molar-refractivity contribution is 14.0. The number of imidazole rings is 1. The molecule has 0 atom stereocenters. The van der Waals surface area contributed by atoms with Crippen LogP contribution in [0.1, 0.15) is 33.1 Å². The minimum absolute atomic E-state index is 0. The van der Waals surface area contributed by atoms with Gasteiger partial charge in [0.1, 0.15) is 5.82 Å². The Labute approximate surface area is 151 Å². The molecule has 0 saturated heterocycles. The van der Waals surface area contributed by atoms with E-state index < -0.39 is 6.55 Å². The highest BCUT2D eigenvalue weighted by Gasteiger charge is 2.14. The van der Waals surface area contributed by atoms with Gasteiger partial charge in [0, 0.05) is 25.0 Å². The Kier molecular flexibility index (Phi) is 9.02. The highest BCUT2D eigenvalue weighted by Crippen LogP contribution is 2.11. The molecule has 0 unspecified atom stereocenters. The second kappa shape index (κ2) is 9.63. The largest absolute Gasteiger partial charge is 0.350 e. The average Bonchev–Trinajstić information content (AvgIpc) is 2.85. The molecule has 1 amide bonds. The molecular formula is C13H23F2IN6O. The maximum atomic E-state index is 12.7. The van der Waals surface area contributed by atoms with Gasteiger partial charge in [-0.05, 0) is 20.8 Å². The van der Waals surface area contributed by atoms with E-state index >= 15 is 0 Å². The van der Waals surface area contributed by atoms with Gasteiger partial charge in [-0.3, -0.25) is 14.4 Å². The van der Waals surface area contributed by atoms with Crippen molar-refractivity contribution in [3.63, 3.8) is 0 Å². The van der Waals surface area contributed by atoms with Crippen LogP contribution in [0.5, 0.6) is 0 Å². The van der Waals surface area contributed by atoms with Gasteiger partial charge < -0.3 is 16.0 Å². The van der Waals surface area contributed by atoms with Gasteiger partial charge in [0.15, 0.2) is 5.96 Å². The SMILES string of the molecule is CN=C(NCC(=O)NC(C)(C)C)NCc1nccn1C(F)F.I. The van der Waals surface area contributed by atoms with Crippen LogP contribution in [0, 0.1) is 0 Å². The number of rotatable bonds is 5. The van der Waals surface area contributed by atoms with Crippen LogP contribution in [-0.4, -0.2) is 40.5 Å². The molecule has 0 aromatic carbocycles. The molecule has 1 rings (SSSR count). The number of carbonyl (C=O) groups excluding carboxylic acids is 1. The average molecular weight is 444 g/mol. The molecular weight excluding hydrogens is 421 g/mol. The van der Waals surface area contributed by atoms with Crippen LogP contribution in [-0.2, 0) is 11.3 Å². The maximum absolute atomic E-state index is 12.7. The molecule has 0 aliphatic carbocycles. The van der Waals surface area contributed by atoms with Crippen molar-refractivity contribution in [3.05, 3.63) is 18.2 Å². The van der Waals surface area contributed by atoms with Gasteiger partial charge in [0.25, 0.3) is 0 Å². The lowest BCUT2D eigenvalue weighted by Gasteiger charge is -2.21. The summed E-state index contributed by atoms with van der Waals surface area (Å²) in [5.41, 5.74) is -0.322. The van der Waals surface area contributed by atoms with Crippen LogP contribution >= 0.6 is 24.0 Å². The minimum Gasteiger partial charge on any atom is -0.350 e. The summed E-state index contributed by atoms with van der Waals surface area (Å²) in [6, 6.07) is 0. The Morgan fingerprint density at radius 1 is 1.39 bits per heavy atom. The molecule has 0 saturated carbocycles. The van der Waals surface area contributed by atoms with E-state index in [0.29, 0.717) is 5.96 Å². The Balaban J connectivity index is 0.00000484. The number of halogens is 3. The van der Waals surface area contributed by atoms with Crippen LogP contribution in [0.25, 0.3) is 0 Å². The first kappa shape index (κ1) is 21.5. The zero-order chi connectivity index (χ0) is 16.8. The smallest absolute Gasteiger partial charge is 0.319 e. The molecule has 0 spiro atoms. The summed E-state index contributed by atoms with van der Waals surface area (Å²) < 4.78 is 26.1. The Morgan fingerprint density at radius 3 is 2.57 bits per heavy atom. The first-order chi connectivity index (χ1) is 10.2. The van der Waals surface area contributed by atoms with E-state index in [-0.39, 0.29) is 54.3 Å². The number of alkyl halides is 2. The number of nitrogens with one attached hydrogen (secondary N) is 3. The van der Waals surface area contributed by atoms with Crippen LogP contribution in [0.15, 0.2) is 17.4 Å². The summed E-state index contributed by atoms with van der Waals surface area (Å²) >= 11 is 0. The lowest BCUT2D eigenvalue weighted by Crippen LogP contribution is -2.48. The van der Waals surface area contributed by atoms with E-state index in [1.165, 1.54) is 19.4 Å². The third-order valence-corrected chi connectivity index (χ3v) is 2.53. The summed E-state index contributed by atoms with van der Waals surface area (Å²) in [6.45, 7) is 3.08. The third-order valence-electron chi connectivity index (χ3n) is 2.53. The van der Waals surface area contributed by atoms with Gasteiger partial charge in [-0.2, -0.15) is 8.78 Å². The summed E-state index contributed by atoms with van der Waals surface area (Å²) in [7, 11) is 1.52. The number of nitrogens with zero attached hydrogens (tertiary/aromatic N) is 3. The summed E-state index contributed by atoms with van der Waals surface area (Å²) in [5, 5.41) is 8.43. The van der Waals surface area contributed by atoms with E-state index in [4.69, 9.17) is 0 Å². The number of hydrogen-bond acceptors (Lipinski definition) is 3. The highest BCUT2D eigenvalue weighted by atomic mass is 127. The van der Waals surface area contributed by atoms with Crippen molar-refractivity contribution in [3.8, 4) is 0 Å². The van der Waals surface area contributed by atoms with E-state index in [9.17, 15) is 13.6 Å². The Bertz CT molecular complexity index is 527. The molecule has 10 heteroatoms. The predicted molar refractivity (Wildman–Crippen MR) is 95.0 cm³/mol. The summed E-state index contributed by atoms with van der Waals surface area (Å²) in [4.78, 5) is 19.4. The molecule has 0 aliphatic rings. The van der Waals surface area contributed by atoms with Crippen LogP contribution < -0.4 is 16.0 Å². The van der Waals surface area contributed by atoms with Gasteiger partial charge in [-0.1, -0.05) is 0 Å². The summed E-state index contributed by atoms with van der Waals surface area (Å²) in [5.74, 6) is 0.314. The zero-order valence-electron chi connectivity index (χ0n) is 13.6. The van der Waals surface area contributed by atoms with Gasteiger partial charge in [0.05, 0.1) is 13.1 Å².